The fraction of sp³-hybridized carbons (Fsp3) is 0.562. The summed E-state index contributed by atoms with van der Waals surface area (Å²) in [6.07, 6.45) is 4.53. The van der Waals surface area contributed by atoms with E-state index in [-0.39, 0.29) is 18.1 Å². The predicted molar refractivity (Wildman–Crippen MR) is 80.1 cm³/mol. The maximum Gasteiger partial charge on any atom is 0.168 e. The van der Waals surface area contributed by atoms with Crippen LogP contribution in [-0.4, -0.2) is 36.4 Å². The number of benzene rings is 1. The molecule has 0 aliphatic heterocycles. The zero-order chi connectivity index (χ0) is 14.7. The molecule has 0 heterocycles. The summed E-state index contributed by atoms with van der Waals surface area (Å²) in [6, 6.07) is 1.98. The van der Waals surface area contributed by atoms with Crippen molar-refractivity contribution < 1.29 is 9.90 Å². The number of hydrogen-bond acceptors (Lipinski definition) is 4. The highest BCUT2D eigenvalue weighted by atomic mass is 16.3. The van der Waals surface area contributed by atoms with Crippen molar-refractivity contribution in [3.8, 4) is 5.75 Å². The Labute approximate surface area is 120 Å². The number of ketones is 1. The molecule has 1 aromatic rings. The molecule has 110 valence electrons. The number of Topliss-reactive ketones (excluding diaryl/α,β-unsaturated/α-hetero) is 1. The zero-order valence-corrected chi connectivity index (χ0v) is 12.4. The van der Waals surface area contributed by atoms with Crippen LogP contribution in [0.2, 0.25) is 0 Å². The van der Waals surface area contributed by atoms with Crippen molar-refractivity contribution in [3.05, 3.63) is 28.3 Å². The van der Waals surface area contributed by atoms with Gasteiger partial charge >= 0.3 is 0 Å². The molecule has 0 unspecified atom stereocenters. The van der Waals surface area contributed by atoms with Crippen molar-refractivity contribution in [2.45, 2.75) is 38.6 Å². The lowest BCUT2D eigenvalue weighted by Gasteiger charge is -2.22. The van der Waals surface area contributed by atoms with Gasteiger partial charge in [-0.1, -0.05) is 6.07 Å². The third kappa shape index (κ3) is 3.02. The van der Waals surface area contributed by atoms with E-state index in [0.29, 0.717) is 24.1 Å². The lowest BCUT2D eigenvalue weighted by atomic mass is 9.84. The quantitative estimate of drug-likeness (QED) is 0.806. The van der Waals surface area contributed by atoms with Gasteiger partial charge in [-0.25, -0.2) is 0 Å². The topological polar surface area (TPSA) is 66.6 Å². The number of aromatic hydroxyl groups is 1. The van der Waals surface area contributed by atoms with Gasteiger partial charge in [0.2, 0.25) is 0 Å². The van der Waals surface area contributed by atoms with Gasteiger partial charge in [0.25, 0.3) is 0 Å². The normalized spacial score (nSPS) is 14.4. The van der Waals surface area contributed by atoms with Crippen LogP contribution < -0.4 is 5.73 Å². The number of phenols is 1. The second-order valence-corrected chi connectivity index (χ2v) is 5.78. The molecule has 4 heteroatoms. The van der Waals surface area contributed by atoms with E-state index in [9.17, 15) is 9.90 Å². The fourth-order valence-corrected chi connectivity index (χ4v) is 2.86. The Morgan fingerprint density at radius 3 is 2.70 bits per heavy atom. The molecule has 0 spiro atoms. The molecule has 1 aliphatic carbocycles. The van der Waals surface area contributed by atoms with E-state index in [4.69, 9.17) is 5.73 Å². The minimum atomic E-state index is 0.0321. The van der Waals surface area contributed by atoms with Gasteiger partial charge in [0.05, 0.1) is 5.56 Å². The molecule has 4 nitrogen and oxygen atoms in total. The van der Waals surface area contributed by atoms with E-state index in [0.717, 1.165) is 31.2 Å². The third-order valence-corrected chi connectivity index (χ3v) is 3.99. The van der Waals surface area contributed by atoms with Crippen LogP contribution in [0.1, 0.15) is 46.3 Å². The van der Waals surface area contributed by atoms with Crippen LogP contribution in [0.5, 0.6) is 5.75 Å². The minimum absolute atomic E-state index is 0.0321. The van der Waals surface area contributed by atoms with Gasteiger partial charge in [0.1, 0.15) is 5.75 Å². The van der Waals surface area contributed by atoms with E-state index >= 15 is 0 Å². The zero-order valence-electron chi connectivity index (χ0n) is 12.4. The molecular formula is C16H24N2O2. The average molecular weight is 276 g/mol. The van der Waals surface area contributed by atoms with Crippen LogP contribution in [-0.2, 0) is 19.4 Å². The number of fused-ring (bicyclic) bond motifs is 1. The first-order valence-electron chi connectivity index (χ1n) is 7.29. The summed E-state index contributed by atoms with van der Waals surface area (Å²) in [4.78, 5) is 14.5. The average Bonchev–Trinajstić information content (AvgIpc) is 2.44. The highest BCUT2D eigenvalue weighted by molar-refractivity contribution is 6.01. The number of nitrogens with zero attached hydrogens (tertiary/aromatic N) is 1. The molecule has 0 aromatic heterocycles. The number of phenolic OH excluding ortho intramolecular Hbond substituents is 1. The summed E-state index contributed by atoms with van der Waals surface area (Å²) in [7, 11) is 3.89. The van der Waals surface area contributed by atoms with E-state index in [1.165, 1.54) is 5.56 Å². The summed E-state index contributed by atoms with van der Waals surface area (Å²) in [5.41, 5.74) is 9.17. The Balaban J connectivity index is 2.41. The number of nitrogens with two attached hydrogens (primary N) is 1. The largest absolute Gasteiger partial charge is 0.507 e. The highest BCUT2D eigenvalue weighted by Gasteiger charge is 2.23. The van der Waals surface area contributed by atoms with Gasteiger partial charge < -0.3 is 15.7 Å². The van der Waals surface area contributed by atoms with Gasteiger partial charge in [-0.15, -0.1) is 0 Å². The van der Waals surface area contributed by atoms with Crippen molar-refractivity contribution in [1.29, 1.82) is 0 Å². The van der Waals surface area contributed by atoms with Gasteiger partial charge in [-0.05, 0) is 50.9 Å². The monoisotopic (exact) mass is 276 g/mol. The minimum Gasteiger partial charge on any atom is -0.507 e. The summed E-state index contributed by atoms with van der Waals surface area (Å²) in [6.45, 7) is 0.965. The molecule has 20 heavy (non-hydrogen) atoms. The first-order valence-corrected chi connectivity index (χ1v) is 7.29. The fourth-order valence-electron chi connectivity index (χ4n) is 2.86. The smallest absolute Gasteiger partial charge is 0.168 e. The van der Waals surface area contributed by atoms with Gasteiger partial charge in [-0.2, -0.15) is 0 Å². The molecule has 2 rings (SSSR count). The molecule has 0 fully saturated rings. The van der Waals surface area contributed by atoms with Crippen LogP contribution in [0.15, 0.2) is 6.07 Å². The molecule has 0 radical (unpaired) electrons. The Kier molecular flexibility index (Phi) is 4.78. The van der Waals surface area contributed by atoms with Crippen molar-refractivity contribution in [1.82, 2.24) is 4.90 Å². The molecule has 0 bridgehead atoms. The van der Waals surface area contributed by atoms with Crippen LogP contribution in [0.4, 0.5) is 0 Å². The standard InChI is InChI=1S/C16H24N2O2/c1-18(2)8-7-14(19)15-13-6-4-3-5-11(13)9-12(10-17)16(15)20/h9,20H,3-8,10,17H2,1-2H3. The van der Waals surface area contributed by atoms with E-state index < -0.39 is 0 Å². The van der Waals surface area contributed by atoms with Crippen molar-refractivity contribution >= 4 is 5.78 Å². The van der Waals surface area contributed by atoms with E-state index in [1.54, 1.807) is 0 Å². The lowest BCUT2D eigenvalue weighted by Crippen LogP contribution is -2.19. The molecule has 1 aliphatic rings. The maximum atomic E-state index is 12.5. The summed E-state index contributed by atoms with van der Waals surface area (Å²) in [5, 5.41) is 10.4. The van der Waals surface area contributed by atoms with E-state index in [1.807, 2.05) is 25.1 Å². The van der Waals surface area contributed by atoms with Crippen molar-refractivity contribution in [2.24, 2.45) is 5.73 Å². The molecular weight excluding hydrogens is 252 g/mol. The maximum absolute atomic E-state index is 12.5. The molecule has 3 N–H and O–H groups in total. The van der Waals surface area contributed by atoms with Crippen LogP contribution in [0, 0.1) is 0 Å². The van der Waals surface area contributed by atoms with Crippen LogP contribution in [0.25, 0.3) is 0 Å². The second kappa shape index (κ2) is 6.37. The molecule has 0 saturated heterocycles. The van der Waals surface area contributed by atoms with Crippen molar-refractivity contribution in [3.63, 3.8) is 0 Å². The predicted octanol–water partition coefficient (Wildman–Crippen LogP) is 1.86. The Bertz CT molecular complexity index is 510. The van der Waals surface area contributed by atoms with Crippen LogP contribution in [0.3, 0.4) is 0 Å². The Morgan fingerprint density at radius 1 is 1.35 bits per heavy atom. The summed E-state index contributed by atoms with van der Waals surface area (Å²) in [5.74, 6) is 0.140. The lowest BCUT2D eigenvalue weighted by molar-refractivity contribution is 0.0968. The number of carbonyl (C=O) groups excluding carboxylic acids is 1. The van der Waals surface area contributed by atoms with Gasteiger partial charge in [0, 0.05) is 25.1 Å². The van der Waals surface area contributed by atoms with Gasteiger partial charge in [0.15, 0.2) is 5.78 Å². The van der Waals surface area contributed by atoms with Gasteiger partial charge in [-0.3, -0.25) is 4.79 Å². The molecule has 0 saturated carbocycles. The molecule has 1 aromatic carbocycles. The number of carbonyl (C=O) groups is 1. The molecule has 0 atom stereocenters. The van der Waals surface area contributed by atoms with Crippen molar-refractivity contribution in [2.75, 3.05) is 20.6 Å². The summed E-state index contributed by atoms with van der Waals surface area (Å²) >= 11 is 0. The molecule has 0 amide bonds. The third-order valence-electron chi connectivity index (χ3n) is 3.99. The first-order chi connectivity index (χ1) is 9.54. The van der Waals surface area contributed by atoms with E-state index in [2.05, 4.69) is 0 Å². The van der Waals surface area contributed by atoms with Crippen LogP contribution >= 0.6 is 0 Å². The highest BCUT2D eigenvalue weighted by Crippen LogP contribution is 2.34. The number of aryl methyl sites for hydroxylation is 1. The Morgan fingerprint density at radius 2 is 2.05 bits per heavy atom. The SMILES string of the molecule is CN(C)CCC(=O)c1c(O)c(CN)cc2c1CCCC2. The first kappa shape index (κ1) is 15.0. The number of rotatable bonds is 5. The summed E-state index contributed by atoms with van der Waals surface area (Å²) < 4.78 is 0. The number of hydrogen-bond donors (Lipinski definition) is 2. The Hall–Kier alpha value is -1.39. The second-order valence-electron chi connectivity index (χ2n) is 5.78.